The number of methoxy groups -OCH3 is 2. The zero-order valence-corrected chi connectivity index (χ0v) is 16.4. The highest BCUT2D eigenvalue weighted by Gasteiger charge is 2.19. The lowest BCUT2D eigenvalue weighted by molar-refractivity contribution is 0.102. The minimum Gasteiger partial charge on any atom is -0.493 e. The Bertz CT molecular complexity index is 1020. The summed E-state index contributed by atoms with van der Waals surface area (Å²) in [6.07, 6.45) is 1.44. The Balaban J connectivity index is 1.78. The van der Waals surface area contributed by atoms with Crippen molar-refractivity contribution in [2.24, 2.45) is 4.99 Å². The topological polar surface area (TPSA) is 106 Å². The Kier molecular flexibility index (Phi) is 5.84. The van der Waals surface area contributed by atoms with Crippen molar-refractivity contribution in [3.05, 3.63) is 48.0 Å². The molecular weight excluding hydrogens is 382 g/mol. The lowest BCUT2D eigenvalue weighted by Crippen LogP contribution is -2.29. The predicted octanol–water partition coefficient (Wildman–Crippen LogP) is 2.43. The number of amides is 1. The Morgan fingerprint density at radius 2 is 1.86 bits per heavy atom. The van der Waals surface area contributed by atoms with E-state index in [0.717, 1.165) is 6.42 Å². The van der Waals surface area contributed by atoms with Gasteiger partial charge in [0.1, 0.15) is 5.84 Å². The summed E-state index contributed by atoms with van der Waals surface area (Å²) in [5.74, 6) is 0.990. The Morgan fingerprint density at radius 1 is 1.07 bits per heavy atom. The predicted molar refractivity (Wildman–Crippen MR) is 106 cm³/mol. The van der Waals surface area contributed by atoms with E-state index in [4.69, 9.17) is 9.47 Å². The van der Waals surface area contributed by atoms with Gasteiger partial charge in [-0.15, -0.1) is 0 Å². The number of rotatable bonds is 6. The number of aliphatic imine (C=N–C) groups is 1. The van der Waals surface area contributed by atoms with Crippen LogP contribution in [0.4, 0.5) is 5.69 Å². The third-order valence-corrected chi connectivity index (χ3v) is 5.55. The SMILES string of the molecule is COc1ccc(C(=O)Nc2cccc(S(=O)(=O)NC3=NCCC3)c2)cc1OC. The monoisotopic (exact) mass is 403 g/mol. The van der Waals surface area contributed by atoms with Crippen LogP contribution in [0, 0.1) is 0 Å². The first-order valence-electron chi connectivity index (χ1n) is 8.62. The molecule has 1 aliphatic rings. The van der Waals surface area contributed by atoms with E-state index < -0.39 is 15.9 Å². The van der Waals surface area contributed by atoms with Crippen molar-refractivity contribution >= 4 is 27.5 Å². The molecule has 2 aromatic carbocycles. The van der Waals surface area contributed by atoms with Gasteiger partial charge in [-0.1, -0.05) is 6.07 Å². The van der Waals surface area contributed by atoms with Crippen molar-refractivity contribution in [1.29, 1.82) is 0 Å². The number of amidine groups is 1. The zero-order chi connectivity index (χ0) is 20.1. The average molecular weight is 403 g/mol. The van der Waals surface area contributed by atoms with E-state index in [9.17, 15) is 13.2 Å². The van der Waals surface area contributed by atoms with Gasteiger partial charge in [0.25, 0.3) is 15.9 Å². The molecule has 2 N–H and O–H groups in total. The van der Waals surface area contributed by atoms with Crippen molar-refractivity contribution < 1.29 is 22.7 Å². The number of anilines is 1. The lowest BCUT2D eigenvalue weighted by atomic mass is 10.2. The number of hydrogen-bond acceptors (Lipinski definition) is 6. The van der Waals surface area contributed by atoms with Crippen LogP contribution in [-0.4, -0.2) is 40.9 Å². The second-order valence-corrected chi connectivity index (χ2v) is 7.77. The quantitative estimate of drug-likeness (QED) is 0.771. The first-order chi connectivity index (χ1) is 13.4. The van der Waals surface area contributed by atoms with Gasteiger partial charge < -0.3 is 14.8 Å². The van der Waals surface area contributed by atoms with Crippen molar-refractivity contribution in [3.8, 4) is 11.5 Å². The smallest absolute Gasteiger partial charge is 0.262 e. The normalized spacial score (nSPS) is 13.6. The molecule has 2 aromatic rings. The number of carbonyl (C=O) groups excluding carboxylic acids is 1. The molecule has 8 nitrogen and oxygen atoms in total. The molecule has 1 amide bonds. The van der Waals surface area contributed by atoms with Crippen molar-refractivity contribution in [3.63, 3.8) is 0 Å². The molecule has 0 unspecified atom stereocenters. The Morgan fingerprint density at radius 3 is 2.54 bits per heavy atom. The van der Waals surface area contributed by atoms with Crippen LogP contribution in [0.25, 0.3) is 0 Å². The Hall–Kier alpha value is -3.07. The molecule has 0 atom stereocenters. The molecule has 1 heterocycles. The molecule has 3 rings (SSSR count). The third kappa shape index (κ3) is 4.42. The van der Waals surface area contributed by atoms with Crippen LogP contribution in [0.3, 0.4) is 0 Å². The fourth-order valence-corrected chi connectivity index (χ4v) is 3.89. The van der Waals surface area contributed by atoms with E-state index >= 15 is 0 Å². The van der Waals surface area contributed by atoms with Gasteiger partial charge in [0.05, 0.1) is 19.1 Å². The molecule has 9 heteroatoms. The van der Waals surface area contributed by atoms with Crippen molar-refractivity contribution in [1.82, 2.24) is 4.72 Å². The maximum Gasteiger partial charge on any atom is 0.262 e. The van der Waals surface area contributed by atoms with Gasteiger partial charge in [-0.25, -0.2) is 8.42 Å². The van der Waals surface area contributed by atoms with E-state index in [2.05, 4.69) is 15.0 Å². The van der Waals surface area contributed by atoms with E-state index in [1.165, 1.54) is 26.4 Å². The minimum absolute atomic E-state index is 0.0483. The van der Waals surface area contributed by atoms with Gasteiger partial charge in [-0.2, -0.15) is 0 Å². The van der Waals surface area contributed by atoms with Gasteiger partial charge >= 0.3 is 0 Å². The molecule has 0 radical (unpaired) electrons. The number of sulfonamides is 1. The lowest BCUT2D eigenvalue weighted by Gasteiger charge is -2.11. The molecule has 0 saturated carbocycles. The van der Waals surface area contributed by atoms with Crippen LogP contribution < -0.4 is 19.5 Å². The zero-order valence-electron chi connectivity index (χ0n) is 15.6. The van der Waals surface area contributed by atoms with Crippen LogP contribution in [0.1, 0.15) is 23.2 Å². The summed E-state index contributed by atoms with van der Waals surface area (Å²) in [7, 11) is -0.765. The number of nitrogens with one attached hydrogen (secondary N) is 2. The van der Waals surface area contributed by atoms with Crippen LogP contribution in [0.5, 0.6) is 11.5 Å². The van der Waals surface area contributed by atoms with Crippen LogP contribution >= 0.6 is 0 Å². The molecule has 0 spiro atoms. The number of benzene rings is 2. The summed E-state index contributed by atoms with van der Waals surface area (Å²) >= 11 is 0. The second kappa shape index (κ2) is 8.30. The number of ether oxygens (including phenoxy) is 2. The van der Waals surface area contributed by atoms with Crippen molar-refractivity contribution in [2.45, 2.75) is 17.7 Å². The van der Waals surface area contributed by atoms with Gasteiger partial charge in [0.15, 0.2) is 11.5 Å². The molecule has 0 saturated heterocycles. The number of carbonyl (C=O) groups is 1. The maximum absolute atomic E-state index is 12.5. The standard InChI is InChI=1S/C19H21N3O5S/c1-26-16-9-8-13(11-17(16)27-2)19(23)21-14-5-3-6-15(12-14)28(24,25)22-18-7-4-10-20-18/h3,5-6,8-9,11-12H,4,7,10H2,1-2H3,(H,20,22)(H,21,23). The third-order valence-electron chi connectivity index (χ3n) is 4.17. The summed E-state index contributed by atoms with van der Waals surface area (Å²) in [6.45, 7) is 0.624. The van der Waals surface area contributed by atoms with E-state index in [-0.39, 0.29) is 4.90 Å². The largest absolute Gasteiger partial charge is 0.493 e. The summed E-state index contributed by atoms with van der Waals surface area (Å²) in [4.78, 5) is 16.7. The molecule has 1 aliphatic heterocycles. The van der Waals surface area contributed by atoms with Gasteiger partial charge in [-0.05, 0) is 42.8 Å². The van der Waals surface area contributed by atoms with E-state index in [1.807, 2.05) is 0 Å². The van der Waals surface area contributed by atoms with Crippen LogP contribution in [0.2, 0.25) is 0 Å². The fourth-order valence-electron chi connectivity index (χ4n) is 2.76. The molecular formula is C19H21N3O5S. The van der Waals surface area contributed by atoms with E-state index in [1.54, 1.807) is 30.3 Å². The molecule has 0 fully saturated rings. The summed E-state index contributed by atoms with van der Waals surface area (Å²) in [6, 6.07) is 10.8. The summed E-state index contributed by atoms with van der Waals surface area (Å²) in [5, 5.41) is 2.70. The summed E-state index contributed by atoms with van der Waals surface area (Å²) < 4.78 is 37.9. The van der Waals surface area contributed by atoms with Gasteiger partial charge in [0, 0.05) is 24.2 Å². The highest BCUT2D eigenvalue weighted by atomic mass is 32.2. The molecule has 0 bridgehead atoms. The fraction of sp³-hybridized carbons (Fsp3) is 0.263. The average Bonchev–Trinajstić information content (AvgIpc) is 3.19. The number of hydrogen-bond donors (Lipinski definition) is 2. The van der Waals surface area contributed by atoms with Crippen molar-refractivity contribution in [2.75, 3.05) is 26.1 Å². The van der Waals surface area contributed by atoms with Crippen LogP contribution in [0.15, 0.2) is 52.4 Å². The molecule has 148 valence electrons. The number of nitrogens with zero attached hydrogens (tertiary/aromatic N) is 1. The molecule has 0 aromatic heterocycles. The minimum atomic E-state index is -3.75. The van der Waals surface area contributed by atoms with Gasteiger partial charge in [0.2, 0.25) is 0 Å². The first-order valence-corrected chi connectivity index (χ1v) is 10.1. The maximum atomic E-state index is 12.5. The second-order valence-electron chi connectivity index (χ2n) is 6.09. The molecule has 0 aliphatic carbocycles. The van der Waals surface area contributed by atoms with E-state index in [0.29, 0.717) is 41.6 Å². The first kappa shape index (κ1) is 19.7. The molecule has 28 heavy (non-hydrogen) atoms. The Labute approximate surface area is 163 Å². The summed E-state index contributed by atoms with van der Waals surface area (Å²) in [5.41, 5.74) is 0.709. The van der Waals surface area contributed by atoms with Gasteiger partial charge in [-0.3, -0.25) is 14.5 Å². The highest BCUT2D eigenvalue weighted by molar-refractivity contribution is 7.90. The highest BCUT2D eigenvalue weighted by Crippen LogP contribution is 2.28. The van der Waals surface area contributed by atoms with Crippen LogP contribution in [-0.2, 0) is 10.0 Å².